The molecule has 1 aromatic heterocycles. The van der Waals surface area contributed by atoms with E-state index in [-0.39, 0.29) is 0 Å². The second-order valence-electron chi connectivity index (χ2n) is 3.86. The maximum Gasteiger partial charge on any atom is 0.133 e. The van der Waals surface area contributed by atoms with Crippen LogP contribution in [0.25, 0.3) is 0 Å². The zero-order valence-corrected chi connectivity index (χ0v) is 11.3. The molecule has 1 fully saturated rings. The highest BCUT2D eigenvalue weighted by Crippen LogP contribution is 2.27. The Kier molecular flexibility index (Phi) is 3.51. The molecule has 0 amide bonds. The van der Waals surface area contributed by atoms with Crippen LogP contribution in [0, 0.1) is 0 Å². The minimum atomic E-state index is 0.669. The van der Waals surface area contributed by atoms with Gasteiger partial charge >= 0.3 is 0 Å². The Bertz CT molecular complexity index is 337. The van der Waals surface area contributed by atoms with Gasteiger partial charge in [-0.2, -0.15) is 11.8 Å². The third-order valence-electron chi connectivity index (χ3n) is 2.36. The lowest BCUT2D eigenvalue weighted by Gasteiger charge is -2.35. The van der Waals surface area contributed by atoms with Crippen LogP contribution in [0.3, 0.4) is 0 Å². The second-order valence-corrected chi connectivity index (χ2v) is 6.56. The average Bonchev–Trinajstić information content (AvgIpc) is 2.16. The van der Waals surface area contributed by atoms with Crippen molar-refractivity contribution in [2.75, 3.05) is 18.0 Å². The first-order valence-corrected chi connectivity index (χ1v) is 6.76. The lowest BCUT2D eigenvalue weighted by Crippen LogP contribution is -2.40. The third kappa shape index (κ3) is 2.84. The minimum Gasteiger partial charge on any atom is -0.354 e. The Labute approximate surface area is 103 Å². The molecule has 0 saturated carbocycles. The molecule has 0 N–H and O–H groups in total. The number of hydrogen-bond donors (Lipinski definition) is 0. The highest BCUT2D eigenvalue weighted by Gasteiger charge is 2.23. The van der Waals surface area contributed by atoms with Crippen LogP contribution in [0.15, 0.2) is 17.0 Å². The van der Waals surface area contributed by atoms with Gasteiger partial charge in [-0.25, -0.2) is 9.97 Å². The predicted octanol–water partition coefficient (Wildman–Crippen LogP) is 2.57. The lowest BCUT2D eigenvalue weighted by molar-refractivity contribution is 0.716. The number of thioether (sulfide) groups is 1. The van der Waals surface area contributed by atoms with Crippen LogP contribution >= 0.6 is 27.7 Å². The molecule has 3 nitrogen and oxygen atoms in total. The van der Waals surface area contributed by atoms with E-state index in [1.165, 1.54) is 0 Å². The van der Waals surface area contributed by atoms with Gasteiger partial charge in [-0.05, 0) is 15.9 Å². The number of rotatable bonds is 1. The van der Waals surface area contributed by atoms with Crippen LogP contribution in [-0.2, 0) is 0 Å². The molecule has 15 heavy (non-hydrogen) atoms. The Morgan fingerprint density at radius 2 is 2.00 bits per heavy atom. The SMILES string of the molecule is CC1CN(c2cc(Br)ncn2)CC(C)S1. The molecule has 1 saturated heterocycles. The largest absolute Gasteiger partial charge is 0.354 e. The summed E-state index contributed by atoms with van der Waals surface area (Å²) in [5.74, 6) is 1.02. The van der Waals surface area contributed by atoms with Crippen LogP contribution in [-0.4, -0.2) is 33.6 Å². The van der Waals surface area contributed by atoms with Crippen LogP contribution in [0.4, 0.5) is 5.82 Å². The summed E-state index contributed by atoms with van der Waals surface area (Å²) in [6.07, 6.45) is 1.61. The summed E-state index contributed by atoms with van der Waals surface area (Å²) in [4.78, 5) is 10.7. The molecule has 82 valence electrons. The first kappa shape index (κ1) is 11.2. The van der Waals surface area contributed by atoms with Gasteiger partial charge in [-0.1, -0.05) is 13.8 Å². The lowest BCUT2D eigenvalue weighted by atomic mass is 10.3. The van der Waals surface area contributed by atoms with Gasteiger partial charge in [-0.15, -0.1) is 0 Å². The molecule has 1 aliphatic heterocycles. The van der Waals surface area contributed by atoms with Crippen molar-refractivity contribution in [3.8, 4) is 0 Å². The fourth-order valence-corrected chi connectivity index (χ4v) is 3.48. The van der Waals surface area contributed by atoms with E-state index in [2.05, 4.69) is 44.6 Å². The Morgan fingerprint density at radius 1 is 1.33 bits per heavy atom. The Balaban J connectivity index is 2.16. The van der Waals surface area contributed by atoms with E-state index in [0.717, 1.165) is 23.5 Å². The maximum absolute atomic E-state index is 4.31. The molecule has 5 heteroatoms. The number of nitrogens with zero attached hydrogens (tertiary/aromatic N) is 3. The molecular weight excluding hydrogens is 274 g/mol. The average molecular weight is 288 g/mol. The van der Waals surface area contributed by atoms with Gasteiger partial charge in [0, 0.05) is 29.7 Å². The Morgan fingerprint density at radius 3 is 2.60 bits per heavy atom. The molecule has 0 radical (unpaired) electrons. The molecular formula is C10H14BrN3S. The molecule has 1 aromatic rings. The first-order chi connectivity index (χ1) is 7.15. The first-order valence-electron chi connectivity index (χ1n) is 5.03. The van der Waals surface area contributed by atoms with E-state index in [1.54, 1.807) is 6.33 Å². The maximum atomic E-state index is 4.31. The van der Waals surface area contributed by atoms with Gasteiger partial charge in [0.15, 0.2) is 0 Å². The van der Waals surface area contributed by atoms with Gasteiger partial charge in [0.25, 0.3) is 0 Å². The number of aromatic nitrogens is 2. The fourth-order valence-electron chi connectivity index (χ4n) is 1.86. The van der Waals surface area contributed by atoms with Crippen LogP contribution in [0.5, 0.6) is 0 Å². The predicted molar refractivity (Wildman–Crippen MR) is 68.5 cm³/mol. The van der Waals surface area contributed by atoms with Crippen LogP contribution in [0.1, 0.15) is 13.8 Å². The normalized spacial score (nSPS) is 26.7. The third-order valence-corrected chi connectivity index (χ3v) is 4.02. The van der Waals surface area contributed by atoms with E-state index in [0.29, 0.717) is 10.5 Å². The van der Waals surface area contributed by atoms with Crippen molar-refractivity contribution in [2.24, 2.45) is 0 Å². The highest BCUT2D eigenvalue weighted by atomic mass is 79.9. The smallest absolute Gasteiger partial charge is 0.133 e. The summed E-state index contributed by atoms with van der Waals surface area (Å²) >= 11 is 5.42. The van der Waals surface area contributed by atoms with Crippen molar-refractivity contribution >= 4 is 33.5 Å². The van der Waals surface area contributed by atoms with Gasteiger partial charge < -0.3 is 4.90 Å². The topological polar surface area (TPSA) is 29.0 Å². The quantitative estimate of drug-likeness (QED) is 0.743. The van der Waals surface area contributed by atoms with Gasteiger partial charge in [0.1, 0.15) is 16.7 Å². The van der Waals surface area contributed by atoms with Crippen LogP contribution < -0.4 is 4.90 Å². The van der Waals surface area contributed by atoms with E-state index < -0.39 is 0 Å². The van der Waals surface area contributed by atoms with Crippen molar-refractivity contribution in [1.29, 1.82) is 0 Å². The molecule has 0 bridgehead atoms. The molecule has 2 unspecified atom stereocenters. The molecule has 0 aliphatic carbocycles. The molecule has 1 aliphatic rings. The monoisotopic (exact) mass is 287 g/mol. The second kappa shape index (κ2) is 4.70. The summed E-state index contributed by atoms with van der Waals surface area (Å²) in [6.45, 7) is 6.67. The molecule has 0 spiro atoms. The molecule has 2 atom stereocenters. The van der Waals surface area contributed by atoms with Gasteiger partial charge in [0.05, 0.1) is 0 Å². The summed E-state index contributed by atoms with van der Waals surface area (Å²) < 4.78 is 0.853. The standard InChI is InChI=1S/C10H14BrN3S/c1-7-4-14(5-8(2)15-7)10-3-9(11)12-6-13-10/h3,6-8H,4-5H2,1-2H3. The fraction of sp³-hybridized carbons (Fsp3) is 0.600. The summed E-state index contributed by atoms with van der Waals surface area (Å²) in [5, 5.41) is 1.34. The molecule has 0 aromatic carbocycles. The zero-order chi connectivity index (χ0) is 10.8. The van der Waals surface area contributed by atoms with Gasteiger partial charge in [0.2, 0.25) is 0 Å². The number of hydrogen-bond acceptors (Lipinski definition) is 4. The minimum absolute atomic E-state index is 0.669. The van der Waals surface area contributed by atoms with Crippen molar-refractivity contribution < 1.29 is 0 Å². The van der Waals surface area contributed by atoms with E-state index in [9.17, 15) is 0 Å². The van der Waals surface area contributed by atoms with Crippen molar-refractivity contribution in [3.05, 3.63) is 17.0 Å². The van der Waals surface area contributed by atoms with Gasteiger partial charge in [-0.3, -0.25) is 0 Å². The van der Waals surface area contributed by atoms with Crippen molar-refractivity contribution in [2.45, 2.75) is 24.3 Å². The van der Waals surface area contributed by atoms with Crippen LogP contribution in [0.2, 0.25) is 0 Å². The van der Waals surface area contributed by atoms with E-state index in [4.69, 9.17) is 0 Å². The summed E-state index contributed by atoms with van der Waals surface area (Å²) in [6, 6.07) is 1.98. The number of anilines is 1. The molecule has 2 rings (SSSR count). The van der Waals surface area contributed by atoms with E-state index >= 15 is 0 Å². The summed E-state index contributed by atoms with van der Waals surface area (Å²) in [5.41, 5.74) is 0. The van der Waals surface area contributed by atoms with E-state index in [1.807, 2.05) is 17.8 Å². The van der Waals surface area contributed by atoms with Crippen molar-refractivity contribution in [3.63, 3.8) is 0 Å². The highest BCUT2D eigenvalue weighted by molar-refractivity contribution is 9.10. The number of halogens is 1. The van der Waals surface area contributed by atoms with Crippen molar-refractivity contribution in [1.82, 2.24) is 9.97 Å². The molecule has 2 heterocycles. The summed E-state index contributed by atoms with van der Waals surface area (Å²) in [7, 11) is 0. The zero-order valence-electron chi connectivity index (χ0n) is 8.85. The Hall–Kier alpha value is -0.290.